The highest BCUT2D eigenvalue weighted by atomic mass is 35.5. The molecule has 2 aromatic carbocycles. The van der Waals surface area contributed by atoms with Crippen molar-refractivity contribution in [3.05, 3.63) is 72.8 Å². The fraction of sp³-hybridized carbons (Fsp3) is 0.600. The molecule has 0 amide bonds. The number of aliphatic hydroxyl groups is 1. The summed E-state index contributed by atoms with van der Waals surface area (Å²) < 4.78 is 19.5. The van der Waals surface area contributed by atoms with Crippen molar-refractivity contribution < 1.29 is 28.6 Å². The van der Waals surface area contributed by atoms with Crippen LogP contribution in [0.15, 0.2) is 72.8 Å². The van der Waals surface area contributed by atoms with E-state index >= 15 is 0 Å². The van der Waals surface area contributed by atoms with Gasteiger partial charge in [0.2, 0.25) is 0 Å². The highest BCUT2D eigenvalue weighted by Crippen LogP contribution is 2.52. The minimum Gasteiger partial charge on any atom is -0.462 e. The Balaban J connectivity index is 1.39. The zero-order valence-corrected chi connectivity index (χ0v) is 31.5. The quantitative estimate of drug-likeness (QED) is 0.123. The van der Waals surface area contributed by atoms with E-state index in [4.69, 9.17) is 25.5 Å². The maximum absolute atomic E-state index is 13.2. The van der Waals surface area contributed by atoms with Crippen LogP contribution >= 0.6 is 11.6 Å². The fourth-order valence-electron chi connectivity index (χ4n) is 8.59. The van der Waals surface area contributed by atoms with Crippen LogP contribution in [0.2, 0.25) is 5.04 Å². The third-order valence-corrected chi connectivity index (χ3v) is 17.2. The van der Waals surface area contributed by atoms with Gasteiger partial charge in [-0.3, -0.25) is 9.59 Å². The average molecular weight is 695 g/mol. The monoisotopic (exact) mass is 694 g/mol. The number of fused-ring (bicyclic) bond motifs is 1. The molecule has 1 N–H and O–H groups in total. The summed E-state index contributed by atoms with van der Waals surface area (Å²) in [5.41, 5.74) is -1.30. The van der Waals surface area contributed by atoms with E-state index in [-0.39, 0.29) is 65.2 Å². The van der Waals surface area contributed by atoms with E-state index in [1.54, 1.807) is 0 Å². The van der Waals surface area contributed by atoms with Crippen LogP contribution < -0.4 is 10.4 Å². The highest BCUT2D eigenvalue weighted by molar-refractivity contribution is 6.99. The van der Waals surface area contributed by atoms with Crippen LogP contribution in [0.25, 0.3) is 0 Å². The second-order valence-electron chi connectivity index (χ2n) is 15.7. The molecule has 262 valence electrons. The maximum atomic E-state index is 13.2. The van der Waals surface area contributed by atoms with Gasteiger partial charge in [-0.2, -0.15) is 0 Å². The molecular weight excluding hydrogens is 640 g/mol. The van der Waals surface area contributed by atoms with E-state index in [0.717, 1.165) is 0 Å². The lowest BCUT2D eigenvalue weighted by Gasteiger charge is -2.54. The number of hydrogen-bond donors (Lipinski definition) is 1. The lowest BCUT2D eigenvalue weighted by atomic mass is 9.58. The molecule has 1 saturated heterocycles. The van der Waals surface area contributed by atoms with Gasteiger partial charge < -0.3 is 19.0 Å². The Labute approximate surface area is 293 Å². The Morgan fingerprint density at radius 3 is 2.21 bits per heavy atom. The standard InChI is InChI=1S/C40H55ClO6Si/c1-8-26(2)38(43)46-34-23-28(4)37(41)40(44)22-21-27(3)33(36(34)40)20-19-29-24-30(25-35(42)45-29)47-48(39(5,6)7,31-15-11-9-12-16-31)32-17-13-10-14-18-32/h9-18,21-22,26-30,33-34,36-37,44H,8,19-20,23-25H2,1-7H3/t26-,27-,28+,29+,30+,33-,34-,36-,37-,40-/m0/s1. The molecule has 1 aliphatic heterocycles. The number of hydrogen-bond acceptors (Lipinski definition) is 6. The van der Waals surface area contributed by atoms with Crippen LogP contribution in [0, 0.1) is 29.6 Å². The summed E-state index contributed by atoms with van der Waals surface area (Å²) in [6, 6.07) is 21.0. The smallest absolute Gasteiger partial charge is 0.308 e. The topological polar surface area (TPSA) is 82.1 Å². The number of halogens is 1. The van der Waals surface area contributed by atoms with Crippen molar-refractivity contribution in [1.29, 1.82) is 0 Å². The van der Waals surface area contributed by atoms with Gasteiger partial charge in [-0.1, -0.05) is 121 Å². The van der Waals surface area contributed by atoms with Crippen LogP contribution in [0.1, 0.15) is 87.0 Å². The van der Waals surface area contributed by atoms with Gasteiger partial charge in [0.1, 0.15) is 17.8 Å². The highest BCUT2D eigenvalue weighted by Gasteiger charge is 2.58. The molecule has 2 aromatic rings. The molecule has 1 saturated carbocycles. The average Bonchev–Trinajstić information content (AvgIpc) is 3.05. The number of esters is 2. The van der Waals surface area contributed by atoms with Gasteiger partial charge in [-0.25, -0.2) is 0 Å². The van der Waals surface area contributed by atoms with Crippen molar-refractivity contribution in [1.82, 2.24) is 0 Å². The summed E-state index contributed by atoms with van der Waals surface area (Å²) >= 11 is 6.95. The normalized spacial score (nSPS) is 33.0. The summed E-state index contributed by atoms with van der Waals surface area (Å²) in [4.78, 5) is 26.3. The Hall–Kier alpha value is -2.45. The minimum atomic E-state index is -2.86. The molecule has 48 heavy (non-hydrogen) atoms. The SMILES string of the molecule is CC[C@H](C)C(=O)O[C@H]1C[C@@H](C)[C@H](Cl)[C@]2(O)C=C[C@H](C)[C@H](CC[C@@H]3C[C@@H](O[Si](c4ccccc4)(c4ccccc4)C(C)(C)C)CC(=O)O3)[C@@H]12. The molecule has 1 heterocycles. The second-order valence-corrected chi connectivity index (χ2v) is 20.4. The lowest BCUT2D eigenvalue weighted by molar-refractivity contribution is -0.178. The van der Waals surface area contributed by atoms with E-state index in [2.05, 4.69) is 82.3 Å². The maximum Gasteiger partial charge on any atom is 0.308 e. The molecule has 0 unspecified atom stereocenters. The Morgan fingerprint density at radius 2 is 1.65 bits per heavy atom. The summed E-state index contributed by atoms with van der Waals surface area (Å²) in [6.07, 6.45) is 6.27. The number of carbonyl (C=O) groups excluding carboxylic acids is 2. The zero-order valence-electron chi connectivity index (χ0n) is 29.7. The minimum absolute atomic E-state index is 0.0137. The third-order valence-electron chi connectivity index (χ3n) is 11.4. The first-order valence-corrected chi connectivity index (χ1v) is 20.3. The van der Waals surface area contributed by atoms with Crippen LogP contribution in [-0.4, -0.2) is 54.7 Å². The molecule has 3 aliphatic rings. The van der Waals surface area contributed by atoms with Crippen molar-refractivity contribution in [3.8, 4) is 0 Å². The van der Waals surface area contributed by atoms with Gasteiger partial charge in [-0.15, -0.1) is 11.6 Å². The molecular formula is C40H55ClO6Si. The first kappa shape index (κ1) is 36.8. The largest absolute Gasteiger partial charge is 0.462 e. The number of rotatable bonds is 10. The van der Waals surface area contributed by atoms with Crippen LogP contribution in [0.4, 0.5) is 0 Å². The molecule has 2 fully saturated rings. The van der Waals surface area contributed by atoms with Crippen LogP contribution in [0.3, 0.4) is 0 Å². The molecule has 5 rings (SSSR count). The number of ether oxygens (including phenoxy) is 2. The predicted molar refractivity (Wildman–Crippen MR) is 194 cm³/mol. The van der Waals surface area contributed by atoms with E-state index in [9.17, 15) is 14.7 Å². The van der Waals surface area contributed by atoms with E-state index in [1.165, 1.54) is 10.4 Å². The van der Waals surface area contributed by atoms with Crippen molar-refractivity contribution in [2.45, 2.75) is 121 Å². The molecule has 0 bridgehead atoms. The van der Waals surface area contributed by atoms with Crippen molar-refractivity contribution >= 4 is 42.2 Å². The Morgan fingerprint density at radius 1 is 1.04 bits per heavy atom. The van der Waals surface area contributed by atoms with Gasteiger partial charge in [0, 0.05) is 12.3 Å². The summed E-state index contributed by atoms with van der Waals surface area (Å²) in [6.45, 7) is 14.8. The number of allylic oxidation sites excluding steroid dienone is 1. The molecule has 6 nitrogen and oxygen atoms in total. The summed E-state index contributed by atoms with van der Waals surface area (Å²) in [5, 5.41) is 13.8. The Kier molecular flexibility index (Phi) is 11.4. The molecule has 8 heteroatoms. The van der Waals surface area contributed by atoms with Crippen molar-refractivity contribution in [2.24, 2.45) is 29.6 Å². The van der Waals surface area contributed by atoms with Crippen LogP contribution in [-0.2, 0) is 23.5 Å². The summed E-state index contributed by atoms with van der Waals surface area (Å²) in [7, 11) is -2.86. The number of alkyl halides is 1. The molecule has 10 atom stereocenters. The molecule has 2 aliphatic carbocycles. The van der Waals surface area contributed by atoms with Crippen molar-refractivity contribution in [3.63, 3.8) is 0 Å². The fourth-order valence-corrected chi connectivity index (χ4v) is 13.6. The van der Waals surface area contributed by atoms with Gasteiger partial charge in [-0.05, 0) is 58.8 Å². The second kappa shape index (κ2) is 14.8. The third kappa shape index (κ3) is 7.21. The summed E-state index contributed by atoms with van der Waals surface area (Å²) in [5.74, 6) is -0.953. The number of benzene rings is 2. The predicted octanol–water partition coefficient (Wildman–Crippen LogP) is 7.19. The lowest BCUT2D eigenvalue weighted by Crippen LogP contribution is -2.68. The number of cyclic esters (lactones) is 1. The molecule has 0 radical (unpaired) electrons. The zero-order chi connectivity index (χ0) is 34.9. The Bertz CT molecular complexity index is 1390. The first-order chi connectivity index (χ1) is 22.7. The van der Waals surface area contributed by atoms with Crippen LogP contribution in [0.5, 0.6) is 0 Å². The first-order valence-electron chi connectivity index (χ1n) is 18.0. The van der Waals surface area contributed by atoms with E-state index < -0.39 is 25.4 Å². The number of carbonyl (C=O) groups is 2. The van der Waals surface area contributed by atoms with Gasteiger partial charge in [0.15, 0.2) is 0 Å². The van der Waals surface area contributed by atoms with Gasteiger partial charge in [0.05, 0.1) is 23.8 Å². The molecule has 0 spiro atoms. The van der Waals surface area contributed by atoms with Gasteiger partial charge in [0.25, 0.3) is 8.32 Å². The van der Waals surface area contributed by atoms with E-state index in [1.807, 2.05) is 39.0 Å². The van der Waals surface area contributed by atoms with Crippen molar-refractivity contribution in [2.75, 3.05) is 0 Å². The van der Waals surface area contributed by atoms with Gasteiger partial charge >= 0.3 is 11.9 Å². The molecule has 0 aromatic heterocycles. The van der Waals surface area contributed by atoms with E-state index in [0.29, 0.717) is 32.1 Å².